The van der Waals surface area contributed by atoms with Gasteiger partial charge in [0.25, 0.3) is 0 Å². The molecule has 3 atom stereocenters. The summed E-state index contributed by atoms with van der Waals surface area (Å²) in [7, 11) is 0. The largest absolute Gasteiger partial charge is 0.443 e. The second-order valence-electron chi connectivity index (χ2n) is 10.2. The summed E-state index contributed by atoms with van der Waals surface area (Å²) in [5, 5.41) is 9.19. The van der Waals surface area contributed by atoms with Crippen molar-refractivity contribution in [2.75, 3.05) is 0 Å². The van der Waals surface area contributed by atoms with Gasteiger partial charge in [0.15, 0.2) is 0 Å². The molecular formula is C27H24F2N6O. The number of oxazole rings is 1. The number of allylic oxidation sites excluding steroid dienone is 3. The highest BCUT2D eigenvalue weighted by atomic mass is 19.1. The lowest BCUT2D eigenvalue weighted by atomic mass is 9.66. The Morgan fingerprint density at radius 3 is 2.69 bits per heavy atom. The second-order valence-corrected chi connectivity index (χ2v) is 10.2. The number of halogens is 2. The summed E-state index contributed by atoms with van der Waals surface area (Å²) in [6.07, 6.45) is 8.45. The Morgan fingerprint density at radius 2 is 1.94 bits per heavy atom. The zero-order chi connectivity index (χ0) is 25.2. The van der Waals surface area contributed by atoms with Gasteiger partial charge in [-0.05, 0) is 54.9 Å². The van der Waals surface area contributed by atoms with Gasteiger partial charge in [-0.1, -0.05) is 19.9 Å². The van der Waals surface area contributed by atoms with Crippen LogP contribution >= 0.6 is 0 Å². The van der Waals surface area contributed by atoms with Crippen molar-refractivity contribution in [2.45, 2.75) is 44.9 Å². The van der Waals surface area contributed by atoms with E-state index in [9.17, 15) is 14.0 Å². The van der Waals surface area contributed by atoms with Crippen LogP contribution in [0.5, 0.6) is 0 Å². The smallest absolute Gasteiger partial charge is 0.246 e. The monoisotopic (exact) mass is 486 g/mol. The number of hydrogen-bond acceptors (Lipinski definition) is 7. The summed E-state index contributed by atoms with van der Waals surface area (Å²) >= 11 is 0. The van der Waals surface area contributed by atoms with Crippen LogP contribution in [-0.2, 0) is 5.41 Å². The molecule has 3 heterocycles. The molecule has 0 saturated heterocycles. The molecule has 7 nitrogen and oxygen atoms in total. The summed E-state index contributed by atoms with van der Waals surface area (Å²) in [5.74, 6) is -1.16. The summed E-state index contributed by atoms with van der Waals surface area (Å²) in [6.45, 7) is 6.16. The predicted octanol–water partition coefficient (Wildman–Crippen LogP) is 5.13. The van der Waals surface area contributed by atoms with Gasteiger partial charge >= 0.3 is 0 Å². The summed E-state index contributed by atoms with van der Waals surface area (Å²) < 4.78 is 34.7. The highest BCUT2D eigenvalue weighted by Crippen LogP contribution is 2.68. The van der Waals surface area contributed by atoms with Crippen LogP contribution in [0, 0.1) is 34.3 Å². The van der Waals surface area contributed by atoms with Crippen molar-refractivity contribution in [2.24, 2.45) is 11.3 Å². The zero-order valence-corrected chi connectivity index (χ0v) is 20.1. The van der Waals surface area contributed by atoms with Crippen LogP contribution in [0.25, 0.3) is 17.3 Å². The minimum atomic E-state index is -0.619. The molecule has 2 bridgehead atoms. The van der Waals surface area contributed by atoms with E-state index in [0.717, 1.165) is 29.8 Å². The number of nitrogens with zero attached hydrogens (tertiary/aromatic N) is 4. The first kappa shape index (κ1) is 22.4. The number of hydrazine groups is 1. The third-order valence-corrected chi connectivity index (χ3v) is 8.17. The van der Waals surface area contributed by atoms with Crippen molar-refractivity contribution in [1.29, 1.82) is 5.26 Å². The van der Waals surface area contributed by atoms with Crippen molar-refractivity contribution in [3.63, 3.8) is 0 Å². The minimum Gasteiger partial charge on any atom is -0.443 e. The summed E-state index contributed by atoms with van der Waals surface area (Å²) in [4.78, 5) is 13.9. The fourth-order valence-corrected chi connectivity index (χ4v) is 6.25. The molecule has 1 aromatic carbocycles. The van der Waals surface area contributed by atoms with E-state index in [1.165, 1.54) is 24.5 Å². The van der Waals surface area contributed by atoms with E-state index in [1.807, 2.05) is 6.08 Å². The van der Waals surface area contributed by atoms with Gasteiger partial charge in [-0.2, -0.15) is 5.26 Å². The molecule has 0 amide bonds. The van der Waals surface area contributed by atoms with Crippen LogP contribution in [0.4, 0.5) is 8.78 Å². The van der Waals surface area contributed by atoms with Crippen molar-refractivity contribution in [3.05, 3.63) is 82.8 Å². The molecule has 6 rings (SSSR count). The fraction of sp³-hybridized carbons (Fsp3) is 0.333. The molecule has 2 aliphatic carbocycles. The van der Waals surface area contributed by atoms with E-state index in [0.29, 0.717) is 23.0 Å². The molecule has 3 aromatic rings. The molecule has 2 N–H and O–H groups in total. The number of aromatic nitrogens is 3. The molecule has 2 aromatic heterocycles. The van der Waals surface area contributed by atoms with Gasteiger partial charge in [-0.15, -0.1) is 0 Å². The molecule has 1 fully saturated rings. The Kier molecular flexibility index (Phi) is 4.80. The Bertz CT molecular complexity index is 1480. The normalized spacial score (nSPS) is 24.4. The second kappa shape index (κ2) is 7.72. The van der Waals surface area contributed by atoms with Gasteiger partial charge in [-0.25, -0.2) is 18.7 Å². The Hall–Kier alpha value is -4.06. The number of benzene rings is 1. The Morgan fingerprint density at radius 1 is 1.17 bits per heavy atom. The average molecular weight is 487 g/mol. The highest BCUT2D eigenvalue weighted by molar-refractivity contribution is 5.72. The average Bonchev–Trinajstić information content (AvgIpc) is 3.52. The van der Waals surface area contributed by atoms with Crippen molar-refractivity contribution in [1.82, 2.24) is 25.8 Å². The van der Waals surface area contributed by atoms with Crippen LogP contribution < -0.4 is 10.9 Å². The van der Waals surface area contributed by atoms with Gasteiger partial charge in [0.2, 0.25) is 5.89 Å². The van der Waals surface area contributed by atoms with Crippen LogP contribution in [-0.4, -0.2) is 15.0 Å². The number of fused-ring (bicyclic) bond motifs is 4. The van der Waals surface area contributed by atoms with Crippen LogP contribution in [0.1, 0.15) is 56.5 Å². The predicted molar refractivity (Wildman–Crippen MR) is 127 cm³/mol. The van der Waals surface area contributed by atoms with E-state index in [1.54, 1.807) is 19.3 Å². The Labute approximate surface area is 207 Å². The van der Waals surface area contributed by atoms with Crippen LogP contribution in [0.3, 0.4) is 0 Å². The third kappa shape index (κ3) is 2.90. The van der Waals surface area contributed by atoms with Crippen molar-refractivity contribution >= 4 is 5.70 Å². The standard InChI is InChI=1S/C27H24F2N6O/c1-14(10-30)21-13-36-25(33-21)20-11-31-12-22(32-20)27-8-7-16(26(27,2)3)15-9-19(34-35-24(15)27)23-17(28)5-4-6-18(23)29/h4-6,9,11-14,16,34-35H,7-8H2,1-3H3/t14-,16+,27+/m1/s1. The van der Waals surface area contributed by atoms with E-state index >= 15 is 0 Å². The van der Waals surface area contributed by atoms with Crippen LogP contribution in [0.2, 0.25) is 0 Å². The van der Waals surface area contributed by atoms with E-state index < -0.39 is 23.0 Å². The molecule has 1 saturated carbocycles. The first-order valence-corrected chi connectivity index (χ1v) is 11.9. The van der Waals surface area contributed by atoms with Gasteiger partial charge in [0.05, 0.1) is 46.2 Å². The Balaban J connectivity index is 1.46. The quantitative estimate of drug-likeness (QED) is 0.528. The first-order chi connectivity index (χ1) is 17.3. The molecule has 182 valence electrons. The highest BCUT2D eigenvalue weighted by Gasteiger charge is 2.65. The molecule has 9 heteroatoms. The number of nitriles is 1. The number of rotatable bonds is 4. The van der Waals surface area contributed by atoms with E-state index in [2.05, 4.69) is 40.7 Å². The molecular weight excluding hydrogens is 462 g/mol. The fourth-order valence-electron chi connectivity index (χ4n) is 6.25. The molecule has 0 radical (unpaired) electrons. The molecule has 0 spiro atoms. The SMILES string of the molecule is C[C@H](C#N)c1coc(-c2cncc([C@@]34CC[C@@H](C5=C3NNC(c3c(F)cccc3F)=C5)C4(C)C)n2)n1. The summed E-state index contributed by atoms with van der Waals surface area (Å²) in [5.41, 5.74) is 9.64. The first-order valence-electron chi connectivity index (χ1n) is 11.9. The third-order valence-electron chi connectivity index (χ3n) is 8.17. The lowest BCUT2D eigenvalue weighted by Crippen LogP contribution is -2.46. The topological polar surface area (TPSA) is 99.7 Å². The minimum absolute atomic E-state index is 0.0840. The van der Waals surface area contributed by atoms with Gasteiger partial charge in [-0.3, -0.25) is 4.98 Å². The molecule has 1 aliphatic heterocycles. The zero-order valence-electron chi connectivity index (χ0n) is 20.1. The van der Waals surface area contributed by atoms with Crippen molar-refractivity contribution < 1.29 is 13.2 Å². The number of nitrogens with one attached hydrogen (secondary N) is 2. The van der Waals surface area contributed by atoms with Gasteiger partial charge in [0.1, 0.15) is 23.6 Å². The summed E-state index contributed by atoms with van der Waals surface area (Å²) in [6, 6.07) is 6.02. The lowest BCUT2D eigenvalue weighted by Gasteiger charge is -2.40. The molecule has 0 unspecified atom stereocenters. The van der Waals surface area contributed by atoms with E-state index in [-0.39, 0.29) is 16.9 Å². The van der Waals surface area contributed by atoms with Gasteiger partial charge in [0, 0.05) is 11.9 Å². The maximum atomic E-state index is 14.5. The maximum Gasteiger partial charge on any atom is 0.246 e. The van der Waals surface area contributed by atoms with Crippen LogP contribution in [0.15, 0.2) is 58.6 Å². The van der Waals surface area contributed by atoms with E-state index in [4.69, 9.17) is 9.40 Å². The molecule has 3 aliphatic rings. The van der Waals surface area contributed by atoms with Gasteiger partial charge < -0.3 is 15.3 Å². The molecule has 36 heavy (non-hydrogen) atoms. The lowest BCUT2D eigenvalue weighted by molar-refractivity contribution is 0.215. The maximum absolute atomic E-state index is 14.5. The number of hydrogen-bond donors (Lipinski definition) is 2. The van der Waals surface area contributed by atoms with Crippen molar-refractivity contribution in [3.8, 4) is 17.7 Å².